The van der Waals surface area contributed by atoms with Gasteiger partial charge in [0.05, 0.1) is 23.7 Å². The van der Waals surface area contributed by atoms with Crippen molar-refractivity contribution in [3.8, 4) is 17.3 Å². The van der Waals surface area contributed by atoms with Gasteiger partial charge in [0.1, 0.15) is 11.4 Å². The lowest BCUT2D eigenvalue weighted by atomic mass is 10.2. The zero-order chi connectivity index (χ0) is 15.0. The maximum absolute atomic E-state index is 12.5. The van der Waals surface area contributed by atoms with Crippen LogP contribution in [-0.2, 0) is 6.18 Å². The van der Waals surface area contributed by atoms with Gasteiger partial charge in [0.2, 0.25) is 0 Å². The van der Waals surface area contributed by atoms with Crippen molar-refractivity contribution >= 4 is 11.0 Å². The number of H-pyrrole nitrogens is 1. The third kappa shape index (κ3) is 2.54. The van der Waals surface area contributed by atoms with Gasteiger partial charge in [0.15, 0.2) is 5.82 Å². The van der Waals surface area contributed by atoms with Crippen LogP contribution >= 0.6 is 0 Å². The van der Waals surface area contributed by atoms with Crippen molar-refractivity contribution in [1.82, 2.24) is 15.0 Å². The summed E-state index contributed by atoms with van der Waals surface area (Å²) in [7, 11) is 1.55. The second-order valence-corrected chi connectivity index (χ2v) is 4.40. The average Bonchev–Trinajstić information content (AvgIpc) is 2.89. The lowest BCUT2D eigenvalue weighted by molar-refractivity contribution is -0.137. The summed E-state index contributed by atoms with van der Waals surface area (Å²) in [5, 5.41) is 0. The number of methoxy groups -OCH3 is 1. The first kappa shape index (κ1) is 13.4. The number of fused-ring (bicyclic) bond motifs is 1. The van der Waals surface area contributed by atoms with Gasteiger partial charge in [-0.2, -0.15) is 13.2 Å². The lowest BCUT2D eigenvalue weighted by Gasteiger charge is -2.05. The standard InChI is InChI=1S/C14H10F3N3O/c1-21-9-3-5-10-12(6-9)20-13(19-10)11-4-2-8(7-18-11)14(15,16)17/h2-7H,1H3,(H,19,20). The highest BCUT2D eigenvalue weighted by Crippen LogP contribution is 2.29. The Morgan fingerprint density at radius 3 is 2.57 bits per heavy atom. The van der Waals surface area contributed by atoms with E-state index in [-0.39, 0.29) is 0 Å². The van der Waals surface area contributed by atoms with E-state index in [9.17, 15) is 13.2 Å². The molecule has 0 radical (unpaired) electrons. The molecule has 0 spiro atoms. The maximum Gasteiger partial charge on any atom is 0.417 e. The van der Waals surface area contributed by atoms with Crippen LogP contribution < -0.4 is 4.74 Å². The number of hydrogen-bond donors (Lipinski definition) is 1. The first-order valence-electron chi connectivity index (χ1n) is 6.05. The van der Waals surface area contributed by atoms with Gasteiger partial charge >= 0.3 is 6.18 Å². The second kappa shape index (κ2) is 4.76. The molecule has 7 heteroatoms. The summed E-state index contributed by atoms with van der Waals surface area (Å²) in [6.07, 6.45) is -3.60. The molecule has 0 aliphatic carbocycles. The number of ether oxygens (including phenoxy) is 1. The van der Waals surface area contributed by atoms with Crippen LogP contribution in [0.15, 0.2) is 36.5 Å². The summed E-state index contributed by atoms with van der Waals surface area (Å²) < 4.78 is 42.6. The Kier molecular flexibility index (Phi) is 3.04. The Balaban J connectivity index is 2.00. The summed E-state index contributed by atoms with van der Waals surface area (Å²) in [6.45, 7) is 0. The molecule has 21 heavy (non-hydrogen) atoms. The molecule has 0 atom stereocenters. The number of nitrogens with one attached hydrogen (secondary N) is 1. The number of benzene rings is 1. The predicted octanol–water partition coefficient (Wildman–Crippen LogP) is 3.65. The molecule has 0 aliphatic heterocycles. The SMILES string of the molecule is COc1ccc2nc(-c3ccc(C(F)(F)F)cn3)[nH]c2c1. The number of aromatic amines is 1. The van der Waals surface area contributed by atoms with Gasteiger partial charge < -0.3 is 9.72 Å². The Bertz CT molecular complexity index is 778. The fourth-order valence-corrected chi connectivity index (χ4v) is 1.94. The van der Waals surface area contributed by atoms with Crippen molar-refractivity contribution < 1.29 is 17.9 Å². The number of nitrogens with zero attached hydrogens (tertiary/aromatic N) is 2. The first-order valence-corrected chi connectivity index (χ1v) is 6.05. The van der Waals surface area contributed by atoms with Crippen LogP contribution in [-0.4, -0.2) is 22.1 Å². The van der Waals surface area contributed by atoms with E-state index in [1.165, 1.54) is 6.07 Å². The molecule has 1 aromatic carbocycles. The molecule has 0 unspecified atom stereocenters. The molecule has 0 fully saturated rings. The molecular formula is C14H10F3N3O. The van der Waals surface area contributed by atoms with Gasteiger partial charge in [-0.05, 0) is 24.3 Å². The van der Waals surface area contributed by atoms with Gasteiger partial charge in [-0.1, -0.05) is 0 Å². The molecule has 0 saturated heterocycles. The van der Waals surface area contributed by atoms with Crippen LogP contribution in [0, 0.1) is 0 Å². The smallest absolute Gasteiger partial charge is 0.417 e. The van der Waals surface area contributed by atoms with Crippen molar-refractivity contribution in [2.24, 2.45) is 0 Å². The molecule has 0 amide bonds. The van der Waals surface area contributed by atoms with Crippen LogP contribution in [0.4, 0.5) is 13.2 Å². The van der Waals surface area contributed by atoms with E-state index in [1.807, 2.05) is 0 Å². The molecule has 2 aromatic heterocycles. The summed E-state index contributed by atoms with van der Waals surface area (Å²) in [4.78, 5) is 11.1. The van der Waals surface area contributed by atoms with E-state index in [1.54, 1.807) is 25.3 Å². The number of halogens is 3. The topological polar surface area (TPSA) is 50.8 Å². The normalized spacial score (nSPS) is 11.8. The molecule has 3 rings (SSSR count). The van der Waals surface area contributed by atoms with Crippen molar-refractivity contribution in [3.05, 3.63) is 42.1 Å². The van der Waals surface area contributed by atoms with Crippen LogP contribution in [0.1, 0.15) is 5.56 Å². The quantitative estimate of drug-likeness (QED) is 0.784. The highest BCUT2D eigenvalue weighted by Gasteiger charge is 2.30. The molecule has 0 bridgehead atoms. The van der Waals surface area contributed by atoms with Crippen molar-refractivity contribution in [2.75, 3.05) is 7.11 Å². The number of rotatable bonds is 2. The molecule has 3 aromatic rings. The Morgan fingerprint density at radius 2 is 1.95 bits per heavy atom. The van der Waals surface area contributed by atoms with Gasteiger partial charge in [-0.3, -0.25) is 4.98 Å². The predicted molar refractivity (Wildman–Crippen MR) is 70.9 cm³/mol. The van der Waals surface area contributed by atoms with Gasteiger partial charge in [-0.15, -0.1) is 0 Å². The monoisotopic (exact) mass is 293 g/mol. The number of aromatic nitrogens is 3. The van der Waals surface area contributed by atoms with Gasteiger partial charge in [0.25, 0.3) is 0 Å². The van der Waals surface area contributed by atoms with Gasteiger partial charge in [-0.25, -0.2) is 4.98 Å². The van der Waals surface area contributed by atoms with Crippen molar-refractivity contribution in [2.45, 2.75) is 6.18 Å². The van der Waals surface area contributed by atoms with E-state index in [0.717, 1.165) is 17.8 Å². The van der Waals surface area contributed by atoms with E-state index in [2.05, 4.69) is 15.0 Å². The summed E-state index contributed by atoms with van der Waals surface area (Å²) in [6, 6.07) is 7.55. The summed E-state index contributed by atoms with van der Waals surface area (Å²) >= 11 is 0. The lowest BCUT2D eigenvalue weighted by Crippen LogP contribution is -2.05. The molecule has 0 aliphatic rings. The highest BCUT2D eigenvalue weighted by atomic mass is 19.4. The minimum Gasteiger partial charge on any atom is -0.497 e. The molecule has 2 heterocycles. The number of pyridine rings is 1. The minimum atomic E-state index is -4.40. The van der Waals surface area contributed by atoms with Crippen LogP contribution in [0.3, 0.4) is 0 Å². The van der Waals surface area contributed by atoms with Crippen LogP contribution in [0.25, 0.3) is 22.6 Å². The van der Waals surface area contributed by atoms with Gasteiger partial charge in [0, 0.05) is 12.3 Å². The molecule has 0 saturated carbocycles. The third-order valence-electron chi connectivity index (χ3n) is 3.02. The second-order valence-electron chi connectivity index (χ2n) is 4.40. The molecule has 4 nitrogen and oxygen atoms in total. The maximum atomic E-state index is 12.5. The van der Waals surface area contributed by atoms with Crippen LogP contribution in [0.5, 0.6) is 5.75 Å². The zero-order valence-electron chi connectivity index (χ0n) is 10.9. The van der Waals surface area contributed by atoms with Crippen molar-refractivity contribution in [3.63, 3.8) is 0 Å². The first-order chi connectivity index (χ1) is 9.97. The van der Waals surface area contributed by atoms with E-state index in [0.29, 0.717) is 22.8 Å². The fourth-order valence-electron chi connectivity index (χ4n) is 1.94. The highest BCUT2D eigenvalue weighted by molar-refractivity contribution is 5.80. The summed E-state index contributed by atoms with van der Waals surface area (Å²) in [5.41, 5.74) is 0.973. The Labute approximate surface area is 117 Å². The number of imidazole rings is 1. The minimum absolute atomic E-state index is 0.346. The molecule has 1 N–H and O–H groups in total. The molecular weight excluding hydrogens is 283 g/mol. The largest absolute Gasteiger partial charge is 0.497 e. The fraction of sp³-hybridized carbons (Fsp3) is 0.143. The number of alkyl halides is 3. The average molecular weight is 293 g/mol. The van der Waals surface area contributed by atoms with E-state index >= 15 is 0 Å². The van der Waals surface area contributed by atoms with Crippen molar-refractivity contribution in [1.29, 1.82) is 0 Å². The van der Waals surface area contributed by atoms with E-state index < -0.39 is 11.7 Å². The molecule has 108 valence electrons. The Morgan fingerprint density at radius 1 is 1.14 bits per heavy atom. The van der Waals surface area contributed by atoms with Crippen LogP contribution in [0.2, 0.25) is 0 Å². The number of hydrogen-bond acceptors (Lipinski definition) is 3. The van der Waals surface area contributed by atoms with E-state index in [4.69, 9.17) is 4.74 Å². The zero-order valence-corrected chi connectivity index (χ0v) is 10.9. The third-order valence-corrected chi connectivity index (χ3v) is 3.02. The summed E-state index contributed by atoms with van der Waals surface area (Å²) in [5.74, 6) is 1.07. The Hall–Kier alpha value is -2.57.